The molecule has 0 radical (unpaired) electrons. The first kappa shape index (κ1) is 15.9. The van der Waals surface area contributed by atoms with Gasteiger partial charge in [0.1, 0.15) is 0 Å². The molecule has 0 spiro atoms. The highest BCUT2D eigenvalue weighted by atomic mass is 15.2. The van der Waals surface area contributed by atoms with Crippen LogP contribution in [0.4, 0.5) is 0 Å². The van der Waals surface area contributed by atoms with Crippen molar-refractivity contribution in [2.45, 2.75) is 65.5 Å². The molecule has 1 unspecified atom stereocenters. The van der Waals surface area contributed by atoms with Gasteiger partial charge in [-0.15, -0.1) is 0 Å². The van der Waals surface area contributed by atoms with Crippen molar-refractivity contribution in [2.75, 3.05) is 27.2 Å². The van der Waals surface area contributed by atoms with Gasteiger partial charge >= 0.3 is 0 Å². The predicted molar refractivity (Wildman–Crippen MR) is 74.0 cm³/mol. The van der Waals surface area contributed by atoms with E-state index in [1.54, 1.807) is 0 Å². The maximum absolute atomic E-state index is 2.63. The zero-order valence-electron chi connectivity index (χ0n) is 12.3. The van der Waals surface area contributed by atoms with Gasteiger partial charge in [0, 0.05) is 12.1 Å². The van der Waals surface area contributed by atoms with Crippen LogP contribution in [0.15, 0.2) is 0 Å². The molecule has 0 heterocycles. The van der Waals surface area contributed by atoms with E-state index in [-0.39, 0.29) is 0 Å². The standard InChI is InChI=1S/C12H26N2.C2H6/c1-5-14(6-2)12-10-8-7-9-11(12)13(3)4;1-2/h11-12H,5-10H2,1-4H3;1-2H3/t11-,12?;/m1./s1. The molecule has 1 aliphatic carbocycles. The summed E-state index contributed by atoms with van der Waals surface area (Å²) in [5.74, 6) is 0. The number of hydrogen-bond acceptors (Lipinski definition) is 2. The Hall–Kier alpha value is -0.0800. The molecule has 0 bridgehead atoms. The van der Waals surface area contributed by atoms with Crippen LogP contribution >= 0.6 is 0 Å². The van der Waals surface area contributed by atoms with E-state index < -0.39 is 0 Å². The molecule has 0 amide bonds. The molecular formula is C14H32N2. The van der Waals surface area contributed by atoms with Crippen LogP contribution < -0.4 is 0 Å². The van der Waals surface area contributed by atoms with E-state index >= 15 is 0 Å². The van der Waals surface area contributed by atoms with Gasteiger partial charge in [0.25, 0.3) is 0 Å². The lowest BCUT2D eigenvalue weighted by Crippen LogP contribution is -2.51. The third-order valence-corrected chi connectivity index (χ3v) is 3.64. The Labute approximate surface area is 103 Å². The van der Waals surface area contributed by atoms with Crippen molar-refractivity contribution >= 4 is 0 Å². The minimum atomic E-state index is 0.781. The second kappa shape index (κ2) is 9.00. The number of nitrogens with zero attached hydrogens (tertiary/aromatic N) is 2. The molecule has 0 aromatic heterocycles. The minimum absolute atomic E-state index is 0.781. The molecule has 1 fully saturated rings. The van der Waals surface area contributed by atoms with Gasteiger partial charge in [-0.1, -0.05) is 40.5 Å². The zero-order chi connectivity index (χ0) is 12.6. The fourth-order valence-electron chi connectivity index (χ4n) is 2.81. The first-order valence-corrected chi connectivity index (χ1v) is 7.11. The second-order valence-electron chi connectivity index (χ2n) is 4.60. The fourth-order valence-corrected chi connectivity index (χ4v) is 2.81. The van der Waals surface area contributed by atoms with E-state index in [1.165, 1.54) is 38.8 Å². The van der Waals surface area contributed by atoms with Gasteiger partial charge < -0.3 is 4.90 Å². The highest BCUT2D eigenvalue weighted by Gasteiger charge is 2.29. The van der Waals surface area contributed by atoms with Crippen LogP contribution in [0.5, 0.6) is 0 Å². The van der Waals surface area contributed by atoms with Gasteiger partial charge in [-0.25, -0.2) is 0 Å². The lowest BCUT2D eigenvalue weighted by Gasteiger charge is -2.42. The normalized spacial score (nSPS) is 25.5. The Balaban J connectivity index is 0.00000106. The summed E-state index contributed by atoms with van der Waals surface area (Å²) >= 11 is 0. The Bertz CT molecular complexity index is 153. The summed E-state index contributed by atoms with van der Waals surface area (Å²) in [4.78, 5) is 5.05. The SMILES string of the molecule is CC.CCN(CC)C1CCCC[C@H]1N(C)C. The van der Waals surface area contributed by atoms with Gasteiger partial charge in [0.15, 0.2) is 0 Å². The highest BCUT2D eigenvalue weighted by molar-refractivity contribution is 4.87. The van der Waals surface area contributed by atoms with Gasteiger partial charge in [-0.05, 0) is 40.0 Å². The number of rotatable bonds is 4. The quantitative estimate of drug-likeness (QED) is 0.729. The average Bonchev–Trinajstić information content (AvgIpc) is 2.34. The van der Waals surface area contributed by atoms with Gasteiger partial charge in [-0.3, -0.25) is 4.90 Å². The summed E-state index contributed by atoms with van der Waals surface area (Å²) in [5, 5.41) is 0. The molecule has 2 atom stereocenters. The summed E-state index contributed by atoms with van der Waals surface area (Å²) in [6, 6.07) is 1.58. The van der Waals surface area contributed by atoms with Crippen LogP contribution in [0.3, 0.4) is 0 Å². The first-order valence-electron chi connectivity index (χ1n) is 7.11. The molecule has 2 heteroatoms. The van der Waals surface area contributed by atoms with Crippen LogP contribution in [-0.4, -0.2) is 49.1 Å². The summed E-state index contributed by atoms with van der Waals surface area (Å²) in [7, 11) is 4.46. The van der Waals surface area contributed by atoms with E-state index in [0.29, 0.717) is 0 Å². The highest BCUT2D eigenvalue weighted by Crippen LogP contribution is 2.25. The molecule has 2 nitrogen and oxygen atoms in total. The maximum atomic E-state index is 2.63. The summed E-state index contributed by atoms with van der Waals surface area (Å²) in [6.07, 6.45) is 5.62. The molecular weight excluding hydrogens is 196 g/mol. The van der Waals surface area contributed by atoms with Crippen LogP contribution in [-0.2, 0) is 0 Å². The lowest BCUT2D eigenvalue weighted by molar-refractivity contribution is 0.0814. The fraction of sp³-hybridized carbons (Fsp3) is 1.00. The monoisotopic (exact) mass is 228 g/mol. The van der Waals surface area contributed by atoms with Gasteiger partial charge in [0.05, 0.1) is 0 Å². The van der Waals surface area contributed by atoms with Crippen LogP contribution in [0.1, 0.15) is 53.4 Å². The smallest absolute Gasteiger partial charge is 0.0251 e. The van der Waals surface area contributed by atoms with E-state index in [1.807, 2.05) is 13.8 Å². The predicted octanol–water partition coefficient (Wildman–Crippen LogP) is 3.23. The van der Waals surface area contributed by atoms with Crippen molar-refractivity contribution in [3.63, 3.8) is 0 Å². The Morgan fingerprint density at radius 2 is 1.31 bits per heavy atom. The molecule has 0 aromatic carbocycles. The molecule has 0 saturated heterocycles. The van der Waals surface area contributed by atoms with Crippen molar-refractivity contribution in [3.8, 4) is 0 Å². The number of hydrogen-bond donors (Lipinski definition) is 0. The largest absolute Gasteiger partial charge is 0.305 e. The number of likely N-dealkylation sites (N-methyl/N-ethyl adjacent to an activating group) is 2. The van der Waals surface area contributed by atoms with Crippen molar-refractivity contribution < 1.29 is 0 Å². The van der Waals surface area contributed by atoms with E-state index in [9.17, 15) is 0 Å². The Kier molecular flexibility index (Phi) is 8.96. The van der Waals surface area contributed by atoms with Crippen LogP contribution in [0.2, 0.25) is 0 Å². The Morgan fingerprint density at radius 3 is 1.69 bits per heavy atom. The average molecular weight is 228 g/mol. The van der Waals surface area contributed by atoms with Crippen LogP contribution in [0, 0.1) is 0 Å². The van der Waals surface area contributed by atoms with Crippen LogP contribution in [0.25, 0.3) is 0 Å². The Morgan fingerprint density at radius 1 is 0.875 bits per heavy atom. The van der Waals surface area contributed by atoms with Gasteiger partial charge in [-0.2, -0.15) is 0 Å². The molecule has 0 aliphatic heterocycles. The second-order valence-corrected chi connectivity index (χ2v) is 4.60. The molecule has 1 saturated carbocycles. The molecule has 1 aliphatic rings. The maximum Gasteiger partial charge on any atom is 0.0251 e. The zero-order valence-corrected chi connectivity index (χ0v) is 12.3. The molecule has 98 valence electrons. The van der Waals surface area contributed by atoms with E-state index in [0.717, 1.165) is 12.1 Å². The topological polar surface area (TPSA) is 6.48 Å². The van der Waals surface area contributed by atoms with Gasteiger partial charge in [0.2, 0.25) is 0 Å². The van der Waals surface area contributed by atoms with E-state index in [2.05, 4.69) is 37.7 Å². The van der Waals surface area contributed by atoms with Crippen molar-refractivity contribution in [2.24, 2.45) is 0 Å². The van der Waals surface area contributed by atoms with E-state index in [4.69, 9.17) is 0 Å². The molecule has 16 heavy (non-hydrogen) atoms. The summed E-state index contributed by atoms with van der Waals surface area (Å²) in [6.45, 7) is 11.0. The molecule has 0 N–H and O–H groups in total. The first-order chi connectivity index (χ1) is 7.70. The molecule has 0 aromatic rings. The van der Waals surface area contributed by atoms with Crippen molar-refractivity contribution in [1.29, 1.82) is 0 Å². The summed E-state index contributed by atoms with van der Waals surface area (Å²) < 4.78 is 0. The lowest BCUT2D eigenvalue weighted by atomic mass is 9.88. The van der Waals surface area contributed by atoms with Crippen molar-refractivity contribution in [1.82, 2.24) is 9.80 Å². The molecule has 1 rings (SSSR count). The third kappa shape index (κ3) is 4.42. The minimum Gasteiger partial charge on any atom is -0.305 e. The third-order valence-electron chi connectivity index (χ3n) is 3.64. The van der Waals surface area contributed by atoms with Crippen molar-refractivity contribution in [3.05, 3.63) is 0 Å². The summed E-state index contributed by atoms with van der Waals surface area (Å²) in [5.41, 5.74) is 0.